The molecular weight excluding hydrogens is 309 g/mol. The zero-order chi connectivity index (χ0) is 16.7. The first-order valence-corrected chi connectivity index (χ1v) is 7.87. The first kappa shape index (κ1) is 14.7. The summed E-state index contributed by atoms with van der Waals surface area (Å²) in [7, 11) is 0. The molecule has 6 heteroatoms. The maximum absolute atomic E-state index is 13.9. The molecule has 0 aromatic heterocycles. The van der Waals surface area contributed by atoms with E-state index in [0.717, 1.165) is 11.3 Å². The molecule has 122 valence electrons. The second-order valence-corrected chi connectivity index (χ2v) is 5.98. The highest BCUT2D eigenvalue weighted by atomic mass is 19.1. The summed E-state index contributed by atoms with van der Waals surface area (Å²) < 4.78 is 13.9. The number of carbonyl (C=O) groups is 2. The number of nitrogens with one attached hydrogen (secondary N) is 2. The van der Waals surface area contributed by atoms with Crippen molar-refractivity contribution in [1.82, 2.24) is 5.32 Å². The lowest BCUT2D eigenvalue weighted by molar-refractivity contribution is -0.117. The van der Waals surface area contributed by atoms with Crippen molar-refractivity contribution in [3.05, 3.63) is 59.4 Å². The summed E-state index contributed by atoms with van der Waals surface area (Å²) in [4.78, 5) is 25.8. The number of hydrogen-bond acceptors (Lipinski definition) is 3. The van der Waals surface area contributed by atoms with Gasteiger partial charge in [-0.15, -0.1) is 0 Å². The van der Waals surface area contributed by atoms with Crippen LogP contribution in [0.4, 0.5) is 15.8 Å². The molecule has 2 aromatic rings. The van der Waals surface area contributed by atoms with Crippen LogP contribution in [0.2, 0.25) is 0 Å². The highest BCUT2D eigenvalue weighted by Gasteiger charge is 2.34. The van der Waals surface area contributed by atoms with Crippen LogP contribution in [0.3, 0.4) is 0 Å². The second kappa shape index (κ2) is 5.63. The first-order valence-electron chi connectivity index (χ1n) is 7.87. The lowest BCUT2D eigenvalue weighted by Gasteiger charge is -2.18. The van der Waals surface area contributed by atoms with Crippen LogP contribution in [0.15, 0.2) is 42.5 Å². The van der Waals surface area contributed by atoms with Gasteiger partial charge >= 0.3 is 0 Å². The number of hydrogen-bond donors (Lipinski definition) is 2. The molecule has 2 heterocycles. The minimum Gasteiger partial charge on any atom is -0.374 e. The van der Waals surface area contributed by atoms with Crippen molar-refractivity contribution >= 4 is 23.2 Å². The summed E-state index contributed by atoms with van der Waals surface area (Å²) in [5.41, 5.74) is 2.62. The number of para-hydroxylation sites is 1. The molecule has 0 saturated carbocycles. The Bertz CT molecular complexity index is 837. The van der Waals surface area contributed by atoms with E-state index in [1.165, 1.54) is 11.0 Å². The average Bonchev–Trinajstić information content (AvgIpc) is 3.13. The Hall–Kier alpha value is -2.89. The van der Waals surface area contributed by atoms with E-state index < -0.39 is 11.9 Å². The molecule has 0 radical (unpaired) electrons. The number of amides is 2. The molecule has 24 heavy (non-hydrogen) atoms. The van der Waals surface area contributed by atoms with Crippen molar-refractivity contribution in [2.45, 2.75) is 19.0 Å². The van der Waals surface area contributed by atoms with Gasteiger partial charge in [-0.1, -0.05) is 18.2 Å². The number of nitrogens with zero attached hydrogens (tertiary/aromatic N) is 1. The molecule has 2 aliphatic rings. The van der Waals surface area contributed by atoms with E-state index in [0.29, 0.717) is 30.8 Å². The summed E-state index contributed by atoms with van der Waals surface area (Å²) in [6, 6.07) is 11.3. The van der Waals surface area contributed by atoms with Gasteiger partial charge in [-0.25, -0.2) is 4.39 Å². The molecule has 0 unspecified atom stereocenters. The summed E-state index contributed by atoms with van der Waals surface area (Å²) in [5.74, 6) is -0.662. The fraction of sp³-hybridized carbons (Fsp3) is 0.222. The highest BCUT2D eigenvalue weighted by Crippen LogP contribution is 2.27. The molecule has 1 saturated heterocycles. The van der Waals surface area contributed by atoms with Crippen LogP contribution in [0, 0.1) is 5.82 Å². The third-order valence-corrected chi connectivity index (χ3v) is 4.48. The predicted molar refractivity (Wildman–Crippen MR) is 88.4 cm³/mol. The predicted octanol–water partition coefficient (Wildman–Crippen LogP) is 2.29. The maximum Gasteiger partial charge on any atom is 0.251 e. The molecule has 0 spiro atoms. The molecule has 1 fully saturated rings. The third kappa shape index (κ3) is 2.40. The Morgan fingerprint density at radius 2 is 2.00 bits per heavy atom. The average molecular weight is 325 g/mol. The Labute approximate surface area is 138 Å². The lowest BCUT2D eigenvalue weighted by Crippen LogP contribution is -2.33. The second-order valence-electron chi connectivity index (χ2n) is 5.98. The molecule has 2 amide bonds. The van der Waals surface area contributed by atoms with E-state index in [9.17, 15) is 14.0 Å². The van der Waals surface area contributed by atoms with Gasteiger partial charge in [-0.3, -0.25) is 9.59 Å². The zero-order valence-electron chi connectivity index (χ0n) is 12.9. The minimum atomic E-state index is -0.424. The quantitative estimate of drug-likeness (QED) is 0.910. The monoisotopic (exact) mass is 325 g/mol. The van der Waals surface area contributed by atoms with E-state index in [1.807, 2.05) is 12.1 Å². The lowest BCUT2D eigenvalue weighted by atomic mass is 10.1. The topological polar surface area (TPSA) is 61.4 Å². The smallest absolute Gasteiger partial charge is 0.251 e. The van der Waals surface area contributed by atoms with Crippen molar-refractivity contribution < 1.29 is 14.0 Å². The Kier molecular flexibility index (Phi) is 3.45. The minimum absolute atomic E-state index is 0.0978. The molecule has 1 atom stereocenters. The fourth-order valence-corrected chi connectivity index (χ4v) is 3.23. The van der Waals surface area contributed by atoms with Crippen molar-refractivity contribution in [1.29, 1.82) is 0 Å². The van der Waals surface area contributed by atoms with Crippen LogP contribution in [0.1, 0.15) is 22.3 Å². The van der Waals surface area contributed by atoms with Crippen LogP contribution in [-0.4, -0.2) is 24.4 Å². The SMILES string of the molecule is O=C1NCc2ccc(N[C@@H]3CCN(c4ccccc4F)C3=O)cc21. The summed E-state index contributed by atoms with van der Waals surface area (Å²) in [6.45, 7) is 1.00. The van der Waals surface area contributed by atoms with Gasteiger partial charge in [0.05, 0.1) is 5.69 Å². The van der Waals surface area contributed by atoms with Crippen molar-refractivity contribution in [2.24, 2.45) is 0 Å². The molecule has 0 aliphatic carbocycles. The highest BCUT2D eigenvalue weighted by molar-refractivity contribution is 6.02. The summed E-state index contributed by atoms with van der Waals surface area (Å²) >= 11 is 0. The van der Waals surface area contributed by atoms with E-state index >= 15 is 0 Å². The van der Waals surface area contributed by atoms with Crippen LogP contribution in [0.5, 0.6) is 0 Å². The van der Waals surface area contributed by atoms with Crippen LogP contribution >= 0.6 is 0 Å². The van der Waals surface area contributed by atoms with Gasteiger partial charge in [0.25, 0.3) is 5.91 Å². The van der Waals surface area contributed by atoms with Gasteiger partial charge in [-0.05, 0) is 36.2 Å². The summed E-state index contributed by atoms with van der Waals surface area (Å²) in [5, 5.41) is 5.93. The molecule has 5 nitrogen and oxygen atoms in total. The van der Waals surface area contributed by atoms with Crippen LogP contribution in [-0.2, 0) is 11.3 Å². The molecule has 0 bridgehead atoms. The summed E-state index contributed by atoms with van der Waals surface area (Å²) in [6.07, 6.45) is 0.580. The van der Waals surface area contributed by atoms with Gasteiger partial charge in [0.2, 0.25) is 5.91 Å². The normalized spacial score (nSPS) is 19.4. The molecule has 4 rings (SSSR count). The van der Waals surface area contributed by atoms with Gasteiger partial charge in [0, 0.05) is 24.3 Å². The zero-order valence-corrected chi connectivity index (χ0v) is 12.9. The Morgan fingerprint density at radius 1 is 1.17 bits per heavy atom. The molecule has 2 N–H and O–H groups in total. The molecule has 2 aromatic carbocycles. The van der Waals surface area contributed by atoms with Crippen molar-refractivity contribution in [3.8, 4) is 0 Å². The molecule has 2 aliphatic heterocycles. The maximum atomic E-state index is 13.9. The first-order chi connectivity index (χ1) is 11.6. The number of benzene rings is 2. The van der Waals surface area contributed by atoms with Crippen LogP contribution in [0.25, 0.3) is 0 Å². The van der Waals surface area contributed by atoms with Gasteiger partial charge in [0.1, 0.15) is 11.9 Å². The van der Waals surface area contributed by atoms with Crippen LogP contribution < -0.4 is 15.5 Å². The molecular formula is C18H16FN3O2. The fourth-order valence-electron chi connectivity index (χ4n) is 3.23. The third-order valence-electron chi connectivity index (χ3n) is 4.48. The Morgan fingerprint density at radius 3 is 2.83 bits per heavy atom. The van der Waals surface area contributed by atoms with Gasteiger partial charge < -0.3 is 15.5 Å². The Balaban J connectivity index is 1.53. The number of anilines is 2. The van der Waals surface area contributed by atoms with Crippen molar-refractivity contribution in [3.63, 3.8) is 0 Å². The van der Waals surface area contributed by atoms with E-state index in [4.69, 9.17) is 0 Å². The number of carbonyl (C=O) groups excluding carboxylic acids is 2. The van der Waals surface area contributed by atoms with E-state index in [1.54, 1.807) is 24.3 Å². The van der Waals surface area contributed by atoms with Gasteiger partial charge in [0.15, 0.2) is 0 Å². The van der Waals surface area contributed by atoms with Crippen molar-refractivity contribution in [2.75, 3.05) is 16.8 Å². The largest absolute Gasteiger partial charge is 0.374 e. The van der Waals surface area contributed by atoms with E-state index in [2.05, 4.69) is 10.6 Å². The standard InChI is InChI=1S/C18H16FN3O2/c19-14-3-1-2-4-16(14)22-8-7-15(18(22)24)21-12-6-5-11-10-20-17(23)13(11)9-12/h1-6,9,15,21H,7-8,10H2,(H,20,23)/t15-/m1/s1. The number of rotatable bonds is 3. The van der Waals surface area contributed by atoms with E-state index in [-0.39, 0.29) is 11.8 Å². The number of halogens is 1. The number of fused-ring (bicyclic) bond motifs is 1. The van der Waals surface area contributed by atoms with Gasteiger partial charge in [-0.2, -0.15) is 0 Å².